The van der Waals surface area contributed by atoms with Crippen LogP contribution in [0.2, 0.25) is 0 Å². The molecule has 1 aliphatic rings. The monoisotopic (exact) mass is 240 g/mol. The fourth-order valence-corrected chi connectivity index (χ4v) is 2.57. The maximum absolute atomic E-state index is 10.4. The molecule has 0 bridgehead atoms. The normalized spacial score (nSPS) is 25.6. The van der Waals surface area contributed by atoms with Crippen LogP contribution in [0.5, 0.6) is 5.75 Å². The summed E-state index contributed by atoms with van der Waals surface area (Å²) in [5.41, 5.74) is 1.48. The van der Waals surface area contributed by atoms with E-state index in [2.05, 4.69) is 12.1 Å². The zero-order chi connectivity index (χ0) is 12.6. The smallest absolute Gasteiger partial charge is 0.140 e. The molecular weight excluding hydrogens is 224 g/mol. The molecule has 2 nitrogen and oxygen atoms in total. The molecule has 0 aromatic heterocycles. The van der Waals surface area contributed by atoms with E-state index < -0.39 is 11.7 Å². The maximum Gasteiger partial charge on any atom is 0.140 e. The molecule has 1 N–H and O–H groups in total. The van der Waals surface area contributed by atoms with E-state index in [4.69, 9.17) is 4.74 Å². The Morgan fingerprint density at radius 1 is 1.06 bits per heavy atom. The summed E-state index contributed by atoms with van der Waals surface area (Å²) in [4.78, 5) is 0. The van der Waals surface area contributed by atoms with Gasteiger partial charge >= 0.3 is 0 Å². The van der Waals surface area contributed by atoms with Crippen molar-refractivity contribution in [3.05, 3.63) is 65.7 Å². The van der Waals surface area contributed by atoms with Crippen LogP contribution >= 0.6 is 0 Å². The zero-order valence-corrected chi connectivity index (χ0v) is 10.3. The van der Waals surface area contributed by atoms with Crippen LogP contribution in [0.15, 0.2) is 54.6 Å². The first-order valence-corrected chi connectivity index (χ1v) is 6.19. The Balaban J connectivity index is 1.90. The third kappa shape index (κ3) is 1.79. The maximum atomic E-state index is 10.4. The van der Waals surface area contributed by atoms with E-state index in [1.54, 1.807) is 0 Å². The van der Waals surface area contributed by atoms with Gasteiger partial charge in [-0.3, -0.25) is 0 Å². The van der Waals surface area contributed by atoms with Crippen LogP contribution in [-0.4, -0.2) is 10.7 Å². The largest absolute Gasteiger partial charge is 0.484 e. The van der Waals surface area contributed by atoms with Gasteiger partial charge in [-0.25, -0.2) is 0 Å². The van der Waals surface area contributed by atoms with E-state index >= 15 is 0 Å². The van der Waals surface area contributed by atoms with E-state index in [0.717, 1.165) is 11.3 Å². The number of rotatable bonds is 2. The average Bonchev–Trinajstić information content (AvgIpc) is 2.63. The SMILES string of the molecule is C[C@@]1(Cc2ccccc2)Oc2ccccc2[C@@H]1O. The molecule has 0 unspecified atom stereocenters. The van der Waals surface area contributed by atoms with Crippen molar-refractivity contribution < 1.29 is 9.84 Å². The lowest BCUT2D eigenvalue weighted by Gasteiger charge is -2.27. The Labute approximate surface area is 107 Å². The number of hydrogen-bond donors (Lipinski definition) is 1. The molecule has 1 heterocycles. The topological polar surface area (TPSA) is 29.5 Å². The third-order valence-electron chi connectivity index (χ3n) is 3.53. The minimum absolute atomic E-state index is 0.575. The van der Waals surface area contributed by atoms with E-state index in [9.17, 15) is 5.11 Å². The van der Waals surface area contributed by atoms with Crippen molar-refractivity contribution in [1.82, 2.24) is 0 Å². The van der Waals surface area contributed by atoms with Crippen LogP contribution in [0, 0.1) is 0 Å². The Morgan fingerprint density at radius 3 is 2.44 bits per heavy atom. The number of hydrogen-bond acceptors (Lipinski definition) is 2. The highest BCUT2D eigenvalue weighted by atomic mass is 16.5. The molecule has 0 fully saturated rings. The van der Waals surface area contributed by atoms with Gasteiger partial charge in [0.1, 0.15) is 17.5 Å². The van der Waals surface area contributed by atoms with Crippen LogP contribution in [0.1, 0.15) is 24.2 Å². The van der Waals surface area contributed by atoms with Crippen LogP contribution in [0.4, 0.5) is 0 Å². The van der Waals surface area contributed by atoms with E-state index in [1.165, 1.54) is 5.56 Å². The van der Waals surface area contributed by atoms with Crippen LogP contribution in [0.3, 0.4) is 0 Å². The van der Waals surface area contributed by atoms with Gasteiger partial charge in [-0.1, -0.05) is 48.5 Å². The minimum atomic E-state index is -0.578. The van der Waals surface area contributed by atoms with Gasteiger partial charge in [-0.15, -0.1) is 0 Å². The Kier molecular flexibility index (Phi) is 2.60. The van der Waals surface area contributed by atoms with Gasteiger partial charge in [0, 0.05) is 12.0 Å². The lowest BCUT2D eigenvalue weighted by Crippen LogP contribution is -2.36. The lowest BCUT2D eigenvalue weighted by molar-refractivity contribution is -0.0135. The summed E-state index contributed by atoms with van der Waals surface area (Å²) in [5.74, 6) is 0.795. The first kappa shape index (κ1) is 11.3. The third-order valence-corrected chi connectivity index (χ3v) is 3.53. The summed E-state index contributed by atoms with van der Waals surface area (Å²) in [6.45, 7) is 1.96. The Morgan fingerprint density at radius 2 is 1.72 bits per heavy atom. The number of fused-ring (bicyclic) bond motifs is 1. The molecule has 0 radical (unpaired) electrons. The molecule has 0 aliphatic carbocycles. The zero-order valence-electron chi connectivity index (χ0n) is 10.3. The molecule has 0 saturated carbocycles. The van der Waals surface area contributed by atoms with Gasteiger partial charge in [-0.2, -0.15) is 0 Å². The number of ether oxygens (including phenoxy) is 1. The summed E-state index contributed by atoms with van der Waals surface area (Å²) < 4.78 is 5.96. The Bertz CT molecular complexity index is 550. The number of benzene rings is 2. The molecule has 92 valence electrons. The summed E-state index contributed by atoms with van der Waals surface area (Å²) in [6.07, 6.45) is 0.123. The molecule has 2 aromatic carbocycles. The molecule has 2 aromatic rings. The summed E-state index contributed by atoms with van der Waals surface area (Å²) in [6, 6.07) is 17.8. The van der Waals surface area contributed by atoms with Gasteiger partial charge in [-0.05, 0) is 18.6 Å². The average molecular weight is 240 g/mol. The van der Waals surface area contributed by atoms with Gasteiger partial charge in [0.15, 0.2) is 0 Å². The highest BCUT2D eigenvalue weighted by Crippen LogP contribution is 2.44. The van der Waals surface area contributed by atoms with Crippen molar-refractivity contribution in [1.29, 1.82) is 0 Å². The molecule has 2 atom stereocenters. The number of aliphatic hydroxyl groups excluding tert-OH is 1. The van der Waals surface area contributed by atoms with E-state index in [-0.39, 0.29) is 0 Å². The fraction of sp³-hybridized carbons (Fsp3) is 0.250. The highest BCUT2D eigenvalue weighted by Gasteiger charge is 2.43. The van der Waals surface area contributed by atoms with Gasteiger partial charge in [0.2, 0.25) is 0 Å². The van der Waals surface area contributed by atoms with Gasteiger partial charge in [0.25, 0.3) is 0 Å². The van der Waals surface area contributed by atoms with Crippen LogP contribution in [-0.2, 0) is 6.42 Å². The van der Waals surface area contributed by atoms with E-state index in [1.807, 2.05) is 49.4 Å². The van der Waals surface area contributed by atoms with Crippen molar-refractivity contribution in [2.24, 2.45) is 0 Å². The first-order valence-electron chi connectivity index (χ1n) is 6.19. The van der Waals surface area contributed by atoms with Gasteiger partial charge < -0.3 is 9.84 Å². The fourth-order valence-electron chi connectivity index (χ4n) is 2.57. The van der Waals surface area contributed by atoms with Crippen molar-refractivity contribution in [3.8, 4) is 5.75 Å². The predicted octanol–water partition coefficient (Wildman–Crippen LogP) is 3.11. The van der Waals surface area contributed by atoms with Crippen molar-refractivity contribution in [3.63, 3.8) is 0 Å². The molecule has 1 aliphatic heterocycles. The van der Waals surface area contributed by atoms with Crippen molar-refractivity contribution in [2.45, 2.75) is 25.0 Å². The second-order valence-corrected chi connectivity index (χ2v) is 5.02. The second kappa shape index (κ2) is 4.14. The van der Waals surface area contributed by atoms with E-state index in [0.29, 0.717) is 6.42 Å². The Hall–Kier alpha value is -1.80. The molecule has 2 heteroatoms. The molecular formula is C16H16O2. The van der Waals surface area contributed by atoms with Crippen LogP contribution in [0.25, 0.3) is 0 Å². The summed E-state index contributed by atoms with van der Waals surface area (Å²) >= 11 is 0. The van der Waals surface area contributed by atoms with Crippen LogP contribution < -0.4 is 4.74 Å². The number of para-hydroxylation sites is 1. The number of aliphatic hydroxyl groups is 1. The minimum Gasteiger partial charge on any atom is -0.484 e. The summed E-state index contributed by atoms with van der Waals surface area (Å²) in [7, 11) is 0. The molecule has 0 saturated heterocycles. The van der Waals surface area contributed by atoms with Gasteiger partial charge in [0.05, 0.1) is 0 Å². The van der Waals surface area contributed by atoms with Crippen molar-refractivity contribution in [2.75, 3.05) is 0 Å². The molecule has 3 rings (SSSR count). The quantitative estimate of drug-likeness (QED) is 0.874. The lowest BCUT2D eigenvalue weighted by atomic mass is 9.89. The van der Waals surface area contributed by atoms with Crippen molar-refractivity contribution >= 4 is 0 Å². The highest BCUT2D eigenvalue weighted by molar-refractivity contribution is 5.42. The standard InChI is InChI=1S/C16H16O2/c1-16(11-12-7-3-2-4-8-12)15(17)13-9-5-6-10-14(13)18-16/h2-10,15,17H,11H2,1H3/t15-,16-/m0/s1. The molecule has 0 spiro atoms. The summed E-state index contributed by atoms with van der Waals surface area (Å²) in [5, 5.41) is 10.4. The molecule has 18 heavy (non-hydrogen) atoms. The predicted molar refractivity (Wildman–Crippen MR) is 70.6 cm³/mol. The second-order valence-electron chi connectivity index (χ2n) is 5.02. The molecule has 0 amide bonds. The first-order chi connectivity index (χ1) is 8.69.